The number of anilines is 1. The Hall–Kier alpha value is -3.00. The number of aromatic nitrogens is 2. The number of carbonyl (C=O) groups is 2. The number of hydrogen-bond donors (Lipinski definition) is 1. The fourth-order valence-electron chi connectivity index (χ4n) is 4.46. The monoisotopic (exact) mass is 436 g/mol. The van der Waals surface area contributed by atoms with Crippen LogP contribution in [0.5, 0.6) is 5.75 Å². The number of hydrogen-bond acceptors (Lipinski definition) is 6. The molecule has 1 saturated heterocycles. The molecule has 2 aromatic heterocycles. The SMILES string of the molecule is CC(C)C1Oc2cc(C=CC(=O)N3CC4C=C(c5nccs5)CC4C3)cnc2NC1=O. The largest absolute Gasteiger partial charge is 0.476 e. The van der Waals surface area contributed by atoms with E-state index < -0.39 is 6.10 Å². The Morgan fingerprint density at radius 2 is 2.23 bits per heavy atom. The molecule has 0 bridgehead atoms. The molecule has 0 aromatic carbocycles. The Labute approximate surface area is 184 Å². The molecule has 0 radical (unpaired) electrons. The maximum atomic E-state index is 12.7. The third-order valence-corrected chi connectivity index (χ3v) is 6.91. The van der Waals surface area contributed by atoms with Crippen LogP contribution in [-0.2, 0) is 9.59 Å². The summed E-state index contributed by atoms with van der Waals surface area (Å²) >= 11 is 1.67. The van der Waals surface area contributed by atoms with E-state index in [0.717, 1.165) is 30.1 Å². The Morgan fingerprint density at radius 3 is 2.97 bits per heavy atom. The molecule has 3 unspecified atom stereocenters. The normalized spacial score (nSPS) is 24.7. The summed E-state index contributed by atoms with van der Waals surface area (Å²) < 4.78 is 5.83. The van der Waals surface area contributed by atoms with Gasteiger partial charge in [0, 0.05) is 36.9 Å². The van der Waals surface area contributed by atoms with Crippen molar-refractivity contribution in [3.63, 3.8) is 0 Å². The van der Waals surface area contributed by atoms with Crippen LogP contribution in [0.1, 0.15) is 30.8 Å². The Kier molecular flexibility index (Phi) is 5.09. The van der Waals surface area contributed by atoms with Crippen LogP contribution in [0.2, 0.25) is 0 Å². The first-order valence-electron chi connectivity index (χ1n) is 10.5. The van der Waals surface area contributed by atoms with Crippen LogP contribution >= 0.6 is 11.3 Å². The molecule has 1 aliphatic carbocycles. The number of pyridine rings is 1. The molecular weight excluding hydrogens is 412 g/mol. The van der Waals surface area contributed by atoms with Gasteiger partial charge in [0.1, 0.15) is 5.01 Å². The number of nitrogens with zero attached hydrogens (tertiary/aromatic N) is 3. The van der Waals surface area contributed by atoms with E-state index in [9.17, 15) is 9.59 Å². The lowest BCUT2D eigenvalue weighted by atomic mass is 10.00. The minimum Gasteiger partial charge on any atom is -0.476 e. The summed E-state index contributed by atoms with van der Waals surface area (Å²) in [4.78, 5) is 35.4. The summed E-state index contributed by atoms with van der Waals surface area (Å²) in [5.41, 5.74) is 2.08. The first-order chi connectivity index (χ1) is 15.0. The van der Waals surface area contributed by atoms with Crippen LogP contribution in [0.25, 0.3) is 11.6 Å². The van der Waals surface area contributed by atoms with Gasteiger partial charge >= 0.3 is 0 Å². The maximum absolute atomic E-state index is 12.7. The predicted molar refractivity (Wildman–Crippen MR) is 119 cm³/mol. The Balaban J connectivity index is 1.23. The van der Waals surface area contributed by atoms with Crippen LogP contribution in [-0.4, -0.2) is 45.9 Å². The van der Waals surface area contributed by atoms with Gasteiger partial charge < -0.3 is 15.0 Å². The minimum atomic E-state index is -0.540. The average Bonchev–Trinajstić information content (AvgIpc) is 3.47. The number of likely N-dealkylation sites (tertiary alicyclic amines) is 1. The standard InChI is InChI=1S/C23H24N4O3S/c1-13(2)20-22(29)26-21-18(30-20)7-14(10-25-21)3-4-19(28)27-11-16-8-15(9-17(16)12-27)23-24-5-6-31-23/h3-8,10,13,16-17,20H,9,11-12H2,1-2H3,(H,25,26,29). The molecule has 0 spiro atoms. The van der Waals surface area contributed by atoms with Gasteiger partial charge in [-0.2, -0.15) is 0 Å². The highest BCUT2D eigenvalue weighted by Crippen LogP contribution is 2.41. The van der Waals surface area contributed by atoms with Crippen LogP contribution in [0.15, 0.2) is 36.0 Å². The zero-order valence-corrected chi connectivity index (χ0v) is 18.3. The van der Waals surface area contributed by atoms with E-state index in [1.165, 1.54) is 5.57 Å². The van der Waals surface area contributed by atoms with E-state index in [1.807, 2.05) is 36.4 Å². The molecule has 7 nitrogen and oxygen atoms in total. The van der Waals surface area contributed by atoms with Crippen LogP contribution in [0, 0.1) is 17.8 Å². The van der Waals surface area contributed by atoms with Crippen molar-refractivity contribution in [1.82, 2.24) is 14.9 Å². The second-order valence-corrected chi connectivity index (χ2v) is 9.52. The highest BCUT2D eigenvalue weighted by atomic mass is 32.1. The highest BCUT2D eigenvalue weighted by Gasteiger charge is 2.38. The molecule has 3 atom stereocenters. The van der Waals surface area contributed by atoms with Crippen LogP contribution < -0.4 is 10.1 Å². The average molecular weight is 437 g/mol. The molecule has 2 amide bonds. The lowest BCUT2D eigenvalue weighted by Gasteiger charge is -2.27. The topological polar surface area (TPSA) is 84.4 Å². The van der Waals surface area contributed by atoms with Gasteiger partial charge in [-0.3, -0.25) is 9.59 Å². The molecule has 160 valence electrons. The van der Waals surface area contributed by atoms with Gasteiger partial charge in [-0.05, 0) is 47.5 Å². The molecule has 2 aliphatic heterocycles. The van der Waals surface area contributed by atoms with Gasteiger partial charge in [0.15, 0.2) is 17.7 Å². The molecule has 4 heterocycles. The minimum absolute atomic E-state index is 0.00518. The van der Waals surface area contributed by atoms with E-state index in [4.69, 9.17) is 4.74 Å². The van der Waals surface area contributed by atoms with Crippen LogP contribution in [0.4, 0.5) is 5.82 Å². The van der Waals surface area contributed by atoms with Crippen molar-refractivity contribution in [2.45, 2.75) is 26.4 Å². The van der Waals surface area contributed by atoms with Gasteiger partial charge in [0.05, 0.1) is 0 Å². The smallest absolute Gasteiger partial charge is 0.266 e. The lowest BCUT2D eigenvalue weighted by molar-refractivity contribution is -0.126. The van der Waals surface area contributed by atoms with Gasteiger partial charge in [-0.25, -0.2) is 9.97 Å². The number of nitrogens with one attached hydrogen (secondary N) is 1. The predicted octanol–water partition coefficient (Wildman–Crippen LogP) is 3.47. The molecule has 8 heteroatoms. The van der Waals surface area contributed by atoms with Crippen molar-refractivity contribution in [2.75, 3.05) is 18.4 Å². The summed E-state index contributed by atoms with van der Waals surface area (Å²) in [6, 6.07) is 1.81. The van der Waals surface area contributed by atoms with E-state index in [1.54, 1.807) is 29.7 Å². The van der Waals surface area contributed by atoms with Gasteiger partial charge in [-0.15, -0.1) is 11.3 Å². The lowest BCUT2D eigenvalue weighted by Crippen LogP contribution is -2.40. The van der Waals surface area contributed by atoms with Crippen molar-refractivity contribution in [2.24, 2.45) is 17.8 Å². The summed E-state index contributed by atoms with van der Waals surface area (Å²) in [5.74, 6) is 1.71. The third-order valence-electron chi connectivity index (χ3n) is 6.06. The number of allylic oxidation sites excluding steroid dienone is 1. The van der Waals surface area contributed by atoms with Gasteiger partial charge in [0.2, 0.25) is 5.91 Å². The summed E-state index contributed by atoms with van der Waals surface area (Å²) in [6.45, 7) is 5.39. The number of ether oxygens (including phenoxy) is 1. The number of fused-ring (bicyclic) bond motifs is 2. The Bertz CT molecular complexity index is 1080. The molecular formula is C23H24N4O3S. The first-order valence-corrected chi connectivity index (χ1v) is 11.4. The number of rotatable bonds is 4. The zero-order chi connectivity index (χ0) is 21.5. The quantitative estimate of drug-likeness (QED) is 0.742. The van der Waals surface area contributed by atoms with Crippen LogP contribution in [0.3, 0.4) is 0 Å². The van der Waals surface area contributed by atoms with E-state index in [2.05, 4.69) is 21.4 Å². The number of carbonyl (C=O) groups excluding carboxylic acids is 2. The van der Waals surface area contributed by atoms with E-state index in [-0.39, 0.29) is 17.7 Å². The van der Waals surface area contributed by atoms with Gasteiger partial charge in [0.25, 0.3) is 5.91 Å². The molecule has 0 saturated carbocycles. The molecule has 31 heavy (non-hydrogen) atoms. The van der Waals surface area contributed by atoms with Crippen molar-refractivity contribution in [1.29, 1.82) is 0 Å². The fourth-order valence-corrected chi connectivity index (χ4v) is 5.13. The molecule has 5 rings (SSSR count). The summed E-state index contributed by atoms with van der Waals surface area (Å²) in [7, 11) is 0. The van der Waals surface area contributed by atoms with Crippen molar-refractivity contribution in [3.05, 3.63) is 46.6 Å². The second kappa shape index (κ2) is 7.92. The Morgan fingerprint density at radius 1 is 1.35 bits per heavy atom. The number of amides is 2. The van der Waals surface area contributed by atoms with E-state index in [0.29, 0.717) is 23.4 Å². The summed E-state index contributed by atoms with van der Waals surface area (Å²) in [5, 5.41) is 5.89. The zero-order valence-electron chi connectivity index (χ0n) is 17.4. The highest BCUT2D eigenvalue weighted by molar-refractivity contribution is 7.10. The molecule has 2 aromatic rings. The first kappa shape index (κ1) is 19.9. The van der Waals surface area contributed by atoms with Crippen molar-refractivity contribution >= 4 is 40.6 Å². The fraction of sp³-hybridized carbons (Fsp3) is 0.391. The molecule has 1 N–H and O–H groups in total. The van der Waals surface area contributed by atoms with Gasteiger partial charge in [-0.1, -0.05) is 19.9 Å². The summed E-state index contributed by atoms with van der Waals surface area (Å²) in [6.07, 6.45) is 9.56. The van der Waals surface area contributed by atoms with Crippen molar-refractivity contribution < 1.29 is 14.3 Å². The molecule has 3 aliphatic rings. The second-order valence-electron chi connectivity index (χ2n) is 8.62. The van der Waals surface area contributed by atoms with Crippen molar-refractivity contribution in [3.8, 4) is 5.75 Å². The van der Waals surface area contributed by atoms with E-state index >= 15 is 0 Å². The third kappa shape index (κ3) is 3.87. The molecule has 1 fully saturated rings. The maximum Gasteiger partial charge on any atom is 0.266 e. The number of thiazole rings is 1.